The molecule has 270 valence electrons. The number of pyridine rings is 1. The van der Waals surface area contributed by atoms with Gasteiger partial charge in [0.15, 0.2) is 23.1 Å². The van der Waals surface area contributed by atoms with Crippen molar-refractivity contribution in [2.24, 2.45) is 0 Å². The van der Waals surface area contributed by atoms with Crippen LogP contribution in [-0.2, 0) is 0 Å². The van der Waals surface area contributed by atoms with Gasteiger partial charge >= 0.3 is 5.69 Å². The molecule has 2 aromatic heterocycles. The van der Waals surface area contributed by atoms with Crippen molar-refractivity contribution in [3.05, 3.63) is 105 Å². The van der Waals surface area contributed by atoms with Gasteiger partial charge in [0.2, 0.25) is 5.75 Å². The molecule has 2 aliphatic heterocycles. The standard InChI is InChI=1S/C38H37F2N5O7/c1-23(2)44-22-27(37(47)45(38(44)48)26-9-6-24(39)7-10-26)36(46)42-25-8-11-30(28(40)20-25)52-31-12-13-41-29-21-32(34-35(33(29)31)51-19-18-50-34)49-17-5-16-43-14-3-4-15-43/h6-13,20-23H,3-5,14-19H2,1-2H3,(H,42,46). The molecule has 4 heterocycles. The smallest absolute Gasteiger partial charge is 0.335 e. The highest BCUT2D eigenvalue weighted by Crippen LogP contribution is 2.48. The zero-order valence-electron chi connectivity index (χ0n) is 28.7. The lowest BCUT2D eigenvalue weighted by atomic mass is 10.1. The molecule has 1 amide bonds. The van der Waals surface area contributed by atoms with Crippen LogP contribution in [0.1, 0.15) is 49.5 Å². The number of hydrogen-bond donors (Lipinski definition) is 1. The lowest BCUT2D eigenvalue weighted by Crippen LogP contribution is -2.42. The van der Waals surface area contributed by atoms with Crippen LogP contribution >= 0.6 is 0 Å². The molecule has 1 N–H and O–H groups in total. The van der Waals surface area contributed by atoms with E-state index in [0.29, 0.717) is 48.0 Å². The fourth-order valence-electron chi connectivity index (χ4n) is 6.34. The molecular weight excluding hydrogens is 676 g/mol. The minimum absolute atomic E-state index is 0.0325. The first kappa shape index (κ1) is 34.7. The summed E-state index contributed by atoms with van der Waals surface area (Å²) in [6, 6.07) is 11.5. The highest BCUT2D eigenvalue weighted by molar-refractivity contribution is 6.04. The number of carbonyl (C=O) groups excluding carboxylic acids is 1. The van der Waals surface area contributed by atoms with Crippen molar-refractivity contribution in [1.82, 2.24) is 19.0 Å². The van der Waals surface area contributed by atoms with Gasteiger partial charge < -0.3 is 29.2 Å². The zero-order valence-corrected chi connectivity index (χ0v) is 28.7. The molecule has 0 spiro atoms. The second-order valence-electron chi connectivity index (χ2n) is 12.8. The quantitative estimate of drug-likeness (QED) is 0.162. The third-order valence-corrected chi connectivity index (χ3v) is 8.93. The summed E-state index contributed by atoms with van der Waals surface area (Å²) >= 11 is 0. The number of likely N-dealkylation sites (tertiary alicyclic amines) is 1. The van der Waals surface area contributed by atoms with Crippen LogP contribution in [0.2, 0.25) is 0 Å². The maximum absolute atomic E-state index is 15.6. The number of halogens is 2. The third kappa shape index (κ3) is 7.06. The molecule has 3 aromatic carbocycles. The van der Waals surface area contributed by atoms with E-state index >= 15 is 4.39 Å². The zero-order chi connectivity index (χ0) is 36.4. The van der Waals surface area contributed by atoms with Crippen LogP contribution in [0.3, 0.4) is 0 Å². The summed E-state index contributed by atoms with van der Waals surface area (Å²) in [5.74, 6) is -0.790. The van der Waals surface area contributed by atoms with Crippen molar-refractivity contribution in [2.75, 3.05) is 44.8 Å². The minimum atomic E-state index is -0.916. The lowest BCUT2D eigenvalue weighted by molar-refractivity contribution is 0.102. The Morgan fingerprint density at radius 1 is 0.942 bits per heavy atom. The number of carbonyl (C=O) groups is 1. The number of hydrogen-bond acceptors (Lipinski definition) is 9. The fraction of sp³-hybridized carbons (Fsp3) is 0.316. The average Bonchev–Trinajstić information content (AvgIpc) is 3.65. The molecule has 2 aliphatic rings. The van der Waals surface area contributed by atoms with Crippen LogP contribution in [0.25, 0.3) is 16.6 Å². The predicted molar refractivity (Wildman–Crippen MR) is 190 cm³/mol. The van der Waals surface area contributed by atoms with E-state index in [1.165, 1.54) is 47.9 Å². The molecule has 1 fully saturated rings. The molecule has 12 nitrogen and oxygen atoms in total. The number of anilines is 1. The Morgan fingerprint density at radius 3 is 2.42 bits per heavy atom. The Labute approximate surface area is 297 Å². The van der Waals surface area contributed by atoms with Gasteiger partial charge in [0.05, 0.1) is 23.2 Å². The minimum Gasteiger partial charge on any atom is -0.489 e. The van der Waals surface area contributed by atoms with E-state index in [-0.39, 0.29) is 28.4 Å². The first-order valence-corrected chi connectivity index (χ1v) is 17.2. The van der Waals surface area contributed by atoms with Gasteiger partial charge in [-0.15, -0.1) is 0 Å². The Bertz CT molecular complexity index is 2250. The van der Waals surface area contributed by atoms with Gasteiger partial charge in [-0.3, -0.25) is 19.1 Å². The normalized spacial score (nSPS) is 14.2. The van der Waals surface area contributed by atoms with E-state index in [2.05, 4.69) is 15.2 Å². The Hall–Kier alpha value is -5.76. The van der Waals surface area contributed by atoms with E-state index in [4.69, 9.17) is 18.9 Å². The highest BCUT2D eigenvalue weighted by atomic mass is 19.1. The SMILES string of the molecule is CC(C)n1cc(C(=O)Nc2ccc(Oc3ccnc4cc(OCCCN5CCCC5)c5c(c34)OCCO5)c(F)c2)c(=O)n(-c2ccc(F)cc2)c1=O. The largest absolute Gasteiger partial charge is 0.489 e. The van der Waals surface area contributed by atoms with Crippen LogP contribution < -0.4 is 35.5 Å². The van der Waals surface area contributed by atoms with Crippen molar-refractivity contribution in [3.63, 3.8) is 0 Å². The lowest BCUT2D eigenvalue weighted by Gasteiger charge is -2.24. The van der Waals surface area contributed by atoms with Gasteiger partial charge in [-0.2, -0.15) is 0 Å². The number of ether oxygens (including phenoxy) is 4. The third-order valence-electron chi connectivity index (χ3n) is 8.93. The van der Waals surface area contributed by atoms with Crippen LogP contribution in [0.15, 0.2) is 76.6 Å². The van der Waals surface area contributed by atoms with Crippen LogP contribution in [0.5, 0.6) is 28.7 Å². The van der Waals surface area contributed by atoms with Crippen molar-refractivity contribution in [2.45, 2.75) is 39.2 Å². The summed E-state index contributed by atoms with van der Waals surface area (Å²) in [6.45, 7) is 7.73. The topological polar surface area (TPSA) is 126 Å². The second kappa shape index (κ2) is 14.8. The Balaban J connectivity index is 1.12. The number of nitrogens with one attached hydrogen (secondary N) is 1. The van der Waals surface area contributed by atoms with Gasteiger partial charge in [-0.05, 0) is 88.7 Å². The number of rotatable bonds is 11. The van der Waals surface area contributed by atoms with Crippen molar-refractivity contribution < 1.29 is 32.5 Å². The number of benzene rings is 3. The number of fused-ring (bicyclic) bond motifs is 3. The van der Waals surface area contributed by atoms with Gasteiger partial charge in [0.25, 0.3) is 11.5 Å². The van der Waals surface area contributed by atoms with E-state index in [1.807, 2.05) is 0 Å². The first-order chi connectivity index (χ1) is 25.2. The summed E-state index contributed by atoms with van der Waals surface area (Å²) in [7, 11) is 0. The molecule has 0 radical (unpaired) electrons. The molecule has 1 saturated heterocycles. The summed E-state index contributed by atoms with van der Waals surface area (Å²) in [6.07, 6.45) is 6.01. The van der Waals surface area contributed by atoms with Crippen LogP contribution in [0, 0.1) is 11.6 Å². The molecule has 7 rings (SSSR count). The second-order valence-corrected chi connectivity index (χ2v) is 12.8. The summed E-state index contributed by atoms with van der Waals surface area (Å²) < 4.78 is 55.4. The van der Waals surface area contributed by atoms with Crippen LogP contribution in [0.4, 0.5) is 14.5 Å². The maximum Gasteiger partial charge on any atom is 0.335 e. The molecule has 52 heavy (non-hydrogen) atoms. The fourth-order valence-corrected chi connectivity index (χ4v) is 6.34. The van der Waals surface area contributed by atoms with Gasteiger partial charge in [0.1, 0.15) is 30.3 Å². The molecule has 0 saturated carbocycles. The number of amides is 1. The molecule has 0 aliphatic carbocycles. The predicted octanol–water partition coefficient (Wildman–Crippen LogP) is 6.09. The highest BCUT2D eigenvalue weighted by Gasteiger charge is 2.26. The van der Waals surface area contributed by atoms with Crippen molar-refractivity contribution in [3.8, 4) is 34.4 Å². The summed E-state index contributed by atoms with van der Waals surface area (Å²) in [5.41, 5.74) is -1.36. The van der Waals surface area contributed by atoms with E-state index in [1.54, 1.807) is 26.0 Å². The summed E-state index contributed by atoms with van der Waals surface area (Å²) in [4.78, 5) is 46.9. The summed E-state index contributed by atoms with van der Waals surface area (Å²) in [5, 5.41) is 3.01. The van der Waals surface area contributed by atoms with Gasteiger partial charge in [-0.1, -0.05) is 0 Å². The Kier molecular flexibility index (Phi) is 9.90. The Morgan fingerprint density at radius 2 is 1.69 bits per heavy atom. The molecule has 0 unspecified atom stereocenters. The number of aromatic nitrogens is 3. The van der Waals surface area contributed by atoms with Gasteiger partial charge in [-0.25, -0.2) is 18.1 Å². The molecule has 14 heteroatoms. The van der Waals surface area contributed by atoms with Crippen molar-refractivity contribution >= 4 is 22.5 Å². The maximum atomic E-state index is 15.6. The van der Waals surface area contributed by atoms with E-state index in [0.717, 1.165) is 55.0 Å². The molecular formula is C38H37F2N5O7. The van der Waals surface area contributed by atoms with E-state index < -0.39 is 34.8 Å². The van der Waals surface area contributed by atoms with Crippen LogP contribution in [-0.4, -0.2) is 64.4 Å². The van der Waals surface area contributed by atoms with Gasteiger partial charge in [0, 0.05) is 42.8 Å². The van der Waals surface area contributed by atoms with Crippen molar-refractivity contribution in [1.29, 1.82) is 0 Å². The van der Waals surface area contributed by atoms with E-state index in [9.17, 15) is 18.8 Å². The monoisotopic (exact) mass is 713 g/mol. The number of nitrogens with zero attached hydrogens (tertiary/aromatic N) is 4. The molecule has 0 atom stereocenters. The molecule has 0 bridgehead atoms. The first-order valence-electron chi connectivity index (χ1n) is 17.2. The molecule has 5 aromatic rings. The average molecular weight is 714 g/mol.